The molecule has 0 aromatic rings. The fourth-order valence-corrected chi connectivity index (χ4v) is 3.89. The molecule has 0 saturated heterocycles. The van der Waals surface area contributed by atoms with Crippen LogP contribution in [0.1, 0.15) is 57.8 Å². The Morgan fingerprint density at radius 1 is 1.06 bits per heavy atom. The lowest BCUT2D eigenvalue weighted by atomic mass is 9.94. The molecule has 0 aromatic heterocycles. The SMILES string of the molecule is O=C(NCC1(O)CCCCCC1)C1CC2CC2C1. The first-order valence-electron chi connectivity index (χ1n) is 7.66. The van der Waals surface area contributed by atoms with Gasteiger partial charge < -0.3 is 10.4 Å². The van der Waals surface area contributed by atoms with Gasteiger partial charge in [0.15, 0.2) is 0 Å². The zero-order valence-electron chi connectivity index (χ0n) is 11.2. The molecular formula is C15H25NO2. The molecule has 3 rings (SSSR count). The van der Waals surface area contributed by atoms with E-state index in [0.717, 1.165) is 50.4 Å². The van der Waals surface area contributed by atoms with Crippen molar-refractivity contribution in [3.8, 4) is 0 Å². The predicted molar refractivity (Wildman–Crippen MR) is 70.0 cm³/mol. The van der Waals surface area contributed by atoms with E-state index in [1.54, 1.807) is 0 Å². The van der Waals surface area contributed by atoms with E-state index in [-0.39, 0.29) is 11.8 Å². The van der Waals surface area contributed by atoms with E-state index in [1.165, 1.54) is 19.3 Å². The minimum absolute atomic E-state index is 0.194. The lowest BCUT2D eigenvalue weighted by molar-refractivity contribution is -0.126. The number of fused-ring (bicyclic) bond motifs is 1. The van der Waals surface area contributed by atoms with E-state index >= 15 is 0 Å². The third-order valence-corrected chi connectivity index (χ3v) is 5.24. The van der Waals surface area contributed by atoms with Crippen molar-refractivity contribution < 1.29 is 9.90 Å². The van der Waals surface area contributed by atoms with Gasteiger partial charge in [0.1, 0.15) is 0 Å². The van der Waals surface area contributed by atoms with Crippen molar-refractivity contribution in [1.29, 1.82) is 0 Å². The van der Waals surface area contributed by atoms with Crippen molar-refractivity contribution in [3.63, 3.8) is 0 Å². The molecule has 3 nitrogen and oxygen atoms in total. The molecule has 2 unspecified atom stereocenters. The van der Waals surface area contributed by atoms with Crippen LogP contribution in [0, 0.1) is 17.8 Å². The molecule has 3 aliphatic rings. The van der Waals surface area contributed by atoms with Crippen molar-refractivity contribution >= 4 is 5.91 Å². The minimum atomic E-state index is -0.631. The molecule has 2 atom stereocenters. The van der Waals surface area contributed by atoms with Gasteiger partial charge in [0.2, 0.25) is 5.91 Å². The molecule has 3 heteroatoms. The Morgan fingerprint density at radius 3 is 2.28 bits per heavy atom. The van der Waals surface area contributed by atoms with Gasteiger partial charge in [-0.15, -0.1) is 0 Å². The monoisotopic (exact) mass is 251 g/mol. The summed E-state index contributed by atoms with van der Waals surface area (Å²) < 4.78 is 0. The summed E-state index contributed by atoms with van der Waals surface area (Å²) >= 11 is 0. The second kappa shape index (κ2) is 4.84. The molecule has 1 amide bonds. The lowest BCUT2D eigenvalue weighted by Gasteiger charge is -2.27. The molecule has 3 saturated carbocycles. The number of carbonyl (C=O) groups excluding carboxylic acids is 1. The van der Waals surface area contributed by atoms with Gasteiger partial charge >= 0.3 is 0 Å². The van der Waals surface area contributed by atoms with Crippen LogP contribution in [0.2, 0.25) is 0 Å². The van der Waals surface area contributed by atoms with Crippen molar-refractivity contribution in [1.82, 2.24) is 5.32 Å². The summed E-state index contributed by atoms with van der Waals surface area (Å²) in [5.41, 5.74) is -0.631. The van der Waals surface area contributed by atoms with Gasteiger partial charge in [-0.2, -0.15) is 0 Å². The topological polar surface area (TPSA) is 49.3 Å². The van der Waals surface area contributed by atoms with E-state index < -0.39 is 5.60 Å². The van der Waals surface area contributed by atoms with Crippen LogP contribution in [-0.2, 0) is 4.79 Å². The Morgan fingerprint density at radius 2 is 1.67 bits per heavy atom. The van der Waals surface area contributed by atoms with Crippen molar-refractivity contribution in [3.05, 3.63) is 0 Å². The maximum absolute atomic E-state index is 12.1. The third-order valence-electron chi connectivity index (χ3n) is 5.24. The lowest BCUT2D eigenvalue weighted by Crippen LogP contribution is -2.44. The number of hydrogen-bond acceptors (Lipinski definition) is 2. The van der Waals surface area contributed by atoms with Crippen LogP contribution in [0.4, 0.5) is 0 Å². The van der Waals surface area contributed by atoms with E-state index in [9.17, 15) is 9.90 Å². The number of nitrogens with one attached hydrogen (secondary N) is 1. The number of hydrogen-bond donors (Lipinski definition) is 2. The Labute approximate surface area is 109 Å². The summed E-state index contributed by atoms with van der Waals surface area (Å²) in [6, 6.07) is 0. The van der Waals surface area contributed by atoms with Crippen LogP contribution in [0.3, 0.4) is 0 Å². The standard InChI is InChI=1S/C15H25NO2/c17-14(13-8-11-7-12(11)9-13)16-10-15(18)5-3-1-2-4-6-15/h11-13,18H,1-10H2,(H,16,17). The van der Waals surface area contributed by atoms with Gasteiger partial charge in [-0.05, 0) is 43.9 Å². The number of amides is 1. The van der Waals surface area contributed by atoms with Crippen LogP contribution >= 0.6 is 0 Å². The van der Waals surface area contributed by atoms with E-state index in [4.69, 9.17) is 0 Å². The van der Waals surface area contributed by atoms with Crippen molar-refractivity contribution in [2.45, 2.75) is 63.4 Å². The van der Waals surface area contributed by atoms with E-state index in [2.05, 4.69) is 5.32 Å². The Kier molecular flexibility index (Phi) is 3.35. The summed E-state index contributed by atoms with van der Waals surface area (Å²) in [7, 11) is 0. The quantitative estimate of drug-likeness (QED) is 0.756. The highest BCUT2D eigenvalue weighted by molar-refractivity contribution is 5.79. The van der Waals surface area contributed by atoms with Gasteiger partial charge in [0.05, 0.1) is 5.60 Å². The molecule has 0 radical (unpaired) electrons. The molecule has 0 aromatic carbocycles. The van der Waals surface area contributed by atoms with E-state index in [1.807, 2.05) is 0 Å². The highest BCUT2D eigenvalue weighted by Gasteiger charge is 2.48. The second-order valence-electron chi connectivity index (χ2n) is 6.78. The van der Waals surface area contributed by atoms with Crippen LogP contribution in [0.25, 0.3) is 0 Å². The van der Waals surface area contributed by atoms with Crippen molar-refractivity contribution in [2.75, 3.05) is 6.54 Å². The molecule has 18 heavy (non-hydrogen) atoms. The molecule has 0 spiro atoms. The molecule has 102 valence electrons. The minimum Gasteiger partial charge on any atom is -0.388 e. The largest absolute Gasteiger partial charge is 0.388 e. The molecule has 0 heterocycles. The van der Waals surface area contributed by atoms with Crippen LogP contribution in [-0.4, -0.2) is 23.2 Å². The summed E-state index contributed by atoms with van der Waals surface area (Å²) in [6.07, 6.45) is 9.88. The first kappa shape index (κ1) is 12.5. The zero-order valence-corrected chi connectivity index (χ0v) is 11.2. The van der Waals surface area contributed by atoms with Crippen LogP contribution < -0.4 is 5.32 Å². The van der Waals surface area contributed by atoms with Gasteiger partial charge in [-0.1, -0.05) is 25.7 Å². The van der Waals surface area contributed by atoms with Gasteiger partial charge in [0, 0.05) is 12.5 Å². The second-order valence-corrected chi connectivity index (χ2v) is 6.78. The van der Waals surface area contributed by atoms with E-state index in [0.29, 0.717) is 6.54 Å². The fourth-order valence-electron chi connectivity index (χ4n) is 3.89. The molecular weight excluding hydrogens is 226 g/mol. The van der Waals surface area contributed by atoms with Crippen molar-refractivity contribution in [2.24, 2.45) is 17.8 Å². The van der Waals surface area contributed by atoms with Gasteiger partial charge in [-0.3, -0.25) is 4.79 Å². The highest BCUT2D eigenvalue weighted by atomic mass is 16.3. The van der Waals surface area contributed by atoms with Crippen LogP contribution in [0.5, 0.6) is 0 Å². The molecule has 3 fully saturated rings. The van der Waals surface area contributed by atoms with Crippen LogP contribution in [0.15, 0.2) is 0 Å². The molecule has 0 aliphatic heterocycles. The number of carbonyl (C=O) groups is 1. The first-order chi connectivity index (χ1) is 8.66. The van der Waals surface area contributed by atoms with Gasteiger partial charge in [0.25, 0.3) is 0 Å². The summed E-state index contributed by atoms with van der Waals surface area (Å²) in [5.74, 6) is 2.13. The summed E-state index contributed by atoms with van der Waals surface area (Å²) in [5, 5.41) is 13.5. The summed E-state index contributed by atoms with van der Waals surface area (Å²) in [4.78, 5) is 12.1. The highest BCUT2D eigenvalue weighted by Crippen LogP contribution is 2.54. The third kappa shape index (κ3) is 2.71. The Balaban J connectivity index is 1.46. The number of aliphatic hydroxyl groups is 1. The smallest absolute Gasteiger partial charge is 0.223 e. The number of rotatable bonds is 3. The first-order valence-corrected chi connectivity index (χ1v) is 7.66. The Hall–Kier alpha value is -0.570. The zero-order chi connectivity index (χ0) is 12.6. The fraction of sp³-hybridized carbons (Fsp3) is 0.933. The molecule has 0 bridgehead atoms. The van der Waals surface area contributed by atoms with Gasteiger partial charge in [-0.25, -0.2) is 0 Å². The maximum Gasteiger partial charge on any atom is 0.223 e. The average molecular weight is 251 g/mol. The Bertz CT molecular complexity index is 310. The molecule has 2 N–H and O–H groups in total. The maximum atomic E-state index is 12.1. The predicted octanol–water partition coefficient (Wildman–Crippen LogP) is 2.23. The normalized spacial score (nSPS) is 37.7. The molecule has 3 aliphatic carbocycles. The summed E-state index contributed by atoms with van der Waals surface area (Å²) in [6.45, 7) is 0.470. The average Bonchev–Trinajstić information content (AvgIpc) is 3.04.